The third kappa shape index (κ3) is 4.50. The molecule has 38 heavy (non-hydrogen) atoms. The topological polar surface area (TPSA) is 113 Å². The van der Waals surface area contributed by atoms with E-state index in [9.17, 15) is 36.3 Å². The molecule has 0 heterocycles. The van der Waals surface area contributed by atoms with Crippen molar-refractivity contribution in [2.24, 2.45) is 11.8 Å². The normalized spacial score (nSPS) is 26.0. The molecule has 7 nitrogen and oxygen atoms in total. The Morgan fingerprint density at radius 2 is 1.79 bits per heavy atom. The summed E-state index contributed by atoms with van der Waals surface area (Å²) in [6.07, 6.45) is 4.89. The first kappa shape index (κ1) is 26.7. The van der Waals surface area contributed by atoms with Crippen LogP contribution in [0.1, 0.15) is 42.5 Å². The number of hydrogen-bond donors (Lipinski definition) is 3. The van der Waals surface area contributed by atoms with E-state index in [1.54, 1.807) is 0 Å². The average Bonchev–Trinajstić information content (AvgIpc) is 3.62. The lowest BCUT2D eigenvalue weighted by molar-refractivity contribution is -0.127. The molecule has 2 aromatic carbocycles. The van der Waals surface area contributed by atoms with E-state index in [1.807, 2.05) is 6.08 Å². The maximum Gasteiger partial charge on any atom is 0.255 e. The summed E-state index contributed by atoms with van der Waals surface area (Å²) in [7, 11) is -4.12. The van der Waals surface area contributed by atoms with Gasteiger partial charge in [0.15, 0.2) is 27.3 Å². The lowest BCUT2D eigenvalue weighted by atomic mass is 9.68. The molecule has 12 heteroatoms. The van der Waals surface area contributed by atoms with Gasteiger partial charge in [0.05, 0.1) is 20.8 Å². The third-order valence-electron chi connectivity index (χ3n) is 7.86. The summed E-state index contributed by atoms with van der Waals surface area (Å²) < 4.78 is 67.5. The first-order valence-corrected chi connectivity index (χ1v) is 14.0. The van der Waals surface area contributed by atoms with Crippen molar-refractivity contribution in [1.82, 2.24) is 5.32 Å². The maximum atomic E-state index is 13.6. The van der Waals surface area contributed by atoms with E-state index >= 15 is 0 Å². The molecule has 0 saturated heterocycles. The first-order valence-electron chi connectivity index (χ1n) is 12.1. The highest BCUT2D eigenvalue weighted by atomic mass is 35.5. The van der Waals surface area contributed by atoms with Crippen LogP contribution < -0.4 is 10.6 Å². The Morgan fingerprint density at radius 3 is 2.45 bits per heavy atom. The molecule has 2 amide bonds. The molecule has 0 aliphatic heterocycles. The number of carbonyl (C=O) groups is 2. The second-order valence-electron chi connectivity index (χ2n) is 10.0. The average molecular weight is 569 g/mol. The maximum absolute atomic E-state index is 13.6. The van der Waals surface area contributed by atoms with Gasteiger partial charge in [-0.1, -0.05) is 17.7 Å². The van der Waals surface area contributed by atoms with Gasteiger partial charge < -0.3 is 15.7 Å². The van der Waals surface area contributed by atoms with Crippen molar-refractivity contribution in [3.63, 3.8) is 0 Å². The standard InChI is InChI=1S/C26H24ClF3N2O5S/c27-18-6-5-14(25(34)32-16-10-19(28)23(30)20(29)11-16)7-22(18)38(36,37)21-9-15-8-17(21)26(15,35)12-31-24(33)13-3-1-2-4-13/h3,5-7,10-11,15,17,21,35H,1-2,4,8-9,12H2,(H,31,33)(H,32,34)/t15?,17?,21-,26-/m1/s1. The van der Waals surface area contributed by atoms with Gasteiger partial charge in [-0.15, -0.1) is 0 Å². The number of amides is 2. The fourth-order valence-corrected chi connectivity index (χ4v) is 8.43. The molecule has 2 aromatic rings. The summed E-state index contributed by atoms with van der Waals surface area (Å²) in [6.45, 7) is -0.0640. The van der Waals surface area contributed by atoms with Crippen LogP contribution in [0.4, 0.5) is 18.9 Å². The molecule has 3 saturated carbocycles. The van der Waals surface area contributed by atoms with Crippen LogP contribution in [0.3, 0.4) is 0 Å². The molecule has 2 bridgehead atoms. The van der Waals surface area contributed by atoms with Crippen LogP contribution in [0.25, 0.3) is 0 Å². The summed E-state index contributed by atoms with van der Waals surface area (Å²) in [5, 5.41) is 15.1. The molecule has 3 N–H and O–H groups in total. The zero-order chi connectivity index (χ0) is 27.4. The number of hydrogen-bond acceptors (Lipinski definition) is 5. The van der Waals surface area contributed by atoms with Gasteiger partial charge in [-0.3, -0.25) is 9.59 Å². The van der Waals surface area contributed by atoms with Gasteiger partial charge in [-0.25, -0.2) is 21.6 Å². The highest BCUT2D eigenvalue weighted by molar-refractivity contribution is 7.92. The van der Waals surface area contributed by atoms with E-state index < -0.39 is 50.0 Å². The minimum Gasteiger partial charge on any atom is -0.387 e. The van der Waals surface area contributed by atoms with Crippen molar-refractivity contribution < 1.29 is 36.3 Å². The molecule has 4 aliphatic carbocycles. The van der Waals surface area contributed by atoms with E-state index in [0.717, 1.165) is 18.9 Å². The number of benzene rings is 2. The molecular weight excluding hydrogens is 545 g/mol. The number of nitrogens with one attached hydrogen (secondary N) is 2. The van der Waals surface area contributed by atoms with Crippen LogP contribution in [0.2, 0.25) is 5.02 Å². The van der Waals surface area contributed by atoms with Gasteiger partial charge in [0, 0.05) is 41.4 Å². The van der Waals surface area contributed by atoms with Gasteiger partial charge in [-0.2, -0.15) is 0 Å². The predicted octanol–water partition coefficient (Wildman–Crippen LogP) is 4.15. The molecule has 0 aromatic heterocycles. The minimum atomic E-state index is -4.12. The summed E-state index contributed by atoms with van der Waals surface area (Å²) in [5.41, 5.74) is -1.22. The van der Waals surface area contributed by atoms with Crippen molar-refractivity contribution in [2.75, 3.05) is 11.9 Å². The number of aliphatic hydroxyl groups is 1. The number of sulfone groups is 1. The zero-order valence-corrected chi connectivity index (χ0v) is 21.5. The molecule has 202 valence electrons. The second kappa shape index (κ2) is 9.69. The summed E-state index contributed by atoms with van der Waals surface area (Å²) in [6, 6.07) is 4.71. The summed E-state index contributed by atoms with van der Waals surface area (Å²) in [5.74, 6) is -6.78. The number of rotatable bonds is 7. The third-order valence-corrected chi connectivity index (χ3v) is 10.6. The highest BCUT2D eigenvalue weighted by Gasteiger charge is 2.66. The summed E-state index contributed by atoms with van der Waals surface area (Å²) in [4.78, 5) is 24.8. The van der Waals surface area contributed by atoms with Crippen LogP contribution in [-0.2, 0) is 14.6 Å². The first-order chi connectivity index (χ1) is 17.9. The molecule has 2 unspecified atom stereocenters. The van der Waals surface area contributed by atoms with Crippen molar-refractivity contribution in [3.8, 4) is 0 Å². The van der Waals surface area contributed by atoms with Crippen molar-refractivity contribution in [3.05, 3.63) is 70.0 Å². The molecule has 0 radical (unpaired) electrons. The fourth-order valence-electron chi connectivity index (χ4n) is 5.76. The predicted molar refractivity (Wildman–Crippen MR) is 133 cm³/mol. The van der Waals surface area contributed by atoms with E-state index in [0.29, 0.717) is 30.5 Å². The van der Waals surface area contributed by atoms with E-state index in [4.69, 9.17) is 11.6 Å². The van der Waals surface area contributed by atoms with E-state index in [-0.39, 0.29) is 46.0 Å². The van der Waals surface area contributed by atoms with Crippen LogP contribution in [0, 0.1) is 29.3 Å². The second-order valence-corrected chi connectivity index (χ2v) is 12.5. The van der Waals surface area contributed by atoms with E-state index in [2.05, 4.69) is 10.6 Å². The summed E-state index contributed by atoms with van der Waals surface area (Å²) >= 11 is 6.21. The quantitative estimate of drug-likeness (QED) is 0.435. The van der Waals surface area contributed by atoms with Crippen LogP contribution in [0.15, 0.2) is 46.9 Å². The lowest BCUT2D eigenvalue weighted by Gasteiger charge is -2.46. The molecule has 4 atom stereocenters. The van der Waals surface area contributed by atoms with Crippen LogP contribution in [-0.4, -0.2) is 42.7 Å². The van der Waals surface area contributed by atoms with Crippen LogP contribution >= 0.6 is 11.6 Å². The lowest BCUT2D eigenvalue weighted by Crippen LogP contribution is -2.58. The van der Waals surface area contributed by atoms with Gasteiger partial charge in [0.1, 0.15) is 0 Å². The largest absolute Gasteiger partial charge is 0.387 e. The van der Waals surface area contributed by atoms with Gasteiger partial charge >= 0.3 is 0 Å². The molecule has 4 aliphatic rings. The Hall–Kier alpha value is -2.89. The Bertz CT molecular complexity index is 1460. The van der Waals surface area contributed by atoms with Gasteiger partial charge in [-0.05, 0) is 56.2 Å². The number of fused-ring (bicyclic) bond motifs is 1. The van der Waals surface area contributed by atoms with Gasteiger partial charge in [0.25, 0.3) is 5.91 Å². The Kier molecular flexibility index (Phi) is 6.81. The molecule has 6 rings (SSSR count). The van der Waals surface area contributed by atoms with Crippen molar-refractivity contribution in [1.29, 1.82) is 0 Å². The number of carbonyl (C=O) groups excluding carboxylic acids is 2. The van der Waals surface area contributed by atoms with Gasteiger partial charge in [0.2, 0.25) is 5.91 Å². The number of halogens is 4. The molecule has 3 fully saturated rings. The van der Waals surface area contributed by atoms with Crippen molar-refractivity contribution >= 4 is 38.9 Å². The van der Waals surface area contributed by atoms with Crippen molar-refractivity contribution in [2.45, 2.75) is 47.9 Å². The smallest absolute Gasteiger partial charge is 0.255 e. The fraction of sp³-hybridized carbons (Fsp3) is 0.385. The highest BCUT2D eigenvalue weighted by Crippen LogP contribution is 2.59. The van der Waals surface area contributed by atoms with E-state index in [1.165, 1.54) is 12.1 Å². The Labute approximate surface area is 222 Å². The zero-order valence-electron chi connectivity index (χ0n) is 19.9. The molecule has 0 spiro atoms. The number of allylic oxidation sites excluding steroid dienone is 1. The minimum absolute atomic E-state index is 0.0640. The SMILES string of the molecule is O=C(NC[C@@]1(O)C2CC1[C@H](S(=O)(=O)c1cc(C(=O)Nc3cc(F)c(F)c(F)c3)ccc1Cl)C2)C1=CCCC1. The Morgan fingerprint density at radius 1 is 1.08 bits per heavy atom. The monoisotopic (exact) mass is 568 g/mol. The molecular formula is C26H24ClF3N2O5S. The van der Waals surface area contributed by atoms with Crippen LogP contribution in [0.5, 0.6) is 0 Å². The number of anilines is 1. The Balaban J connectivity index is 1.33.